The first-order chi connectivity index (χ1) is 34.1. The Balaban J connectivity index is 0.000000803. The number of nitrogens with zero attached hydrogens (tertiary/aromatic N) is 9. The molecule has 11 N–H and O–H groups in total. The number of aliphatic carboxylic acids is 1. The number of anilines is 3. The van der Waals surface area contributed by atoms with Gasteiger partial charge in [-0.25, -0.2) is 9.97 Å². The number of carboxylic acids is 1. The summed E-state index contributed by atoms with van der Waals surface area (Å²) >= 11 is 0. The van der Waals surface area contributed by atoms with E-state index in [-0.39, 0.29) is 73.2 Å². The van der Waals surface area contributed by atoms with E-state index in [9.17, 15) is 24.0 Å². The molecule has 4 heterocycles. The minimum Gasteiger partial charge on any atom is -0.491 e. The summed E-state index contributed by atoms with van der Waals surface area (Å²) in [6.45, 7) is 13.3. The number of aromatic nitrogens is 8. The van der Waals surface area contributed by atoms with Crippen LogP contribution in [0.5, 0.6) is 11.5 Å². The normalized spacial score (nSPS) is 11.6. The molecular weight excluding hydrogens is 915 g/mol. The molecule has 23 heteroatoms. The molecule has 6 rings (SSSR count). The fourth-order valence-corrected chi connectivity index (χ4v) is 6.89. The quantitative estimate of drug-likeness (QED) is 0.0195. The average molecular weight is 978 g/mol. The summed E-state index contributed by atoms with van der Waals surface area (Å²) in [5.74, 6) is -1.79. The van der Waals surface area contributed by atoms with Gasteiger partial charge in [0.15, 0.2) is 6.29 Å². The van der Waals surface area contributed by atoms with Crippen LogP contribution in [-0.2, 0) is 35.8 Å². The molecule has 0 unspecified atom stereocenters. The fourth-order valence-electron chi connectivity index (χ4n) is 6.89. The van der Waals surface area contributed by atoms with E-state index < -0.39 is 23.7 Å². The Morgan fingerprint density at radius 2 is 1.44 bits per heavy atom. The molecular formula is C48H63N15O8. The van der Waals surface area contributed by atoms with Gasteiger partial charge in [0.2, 0.25) is 23.7 Å². The van der Waals surface area contributed by atoms with E-state index in [1.54, 1.807) is 65.4 Å². The number of primary amides is 2. The number of nitrogen functional groups attached to an aromatic ring is 1. The number of aryl methyl sites for hydroxylation is 2. The molecule has 4 aromatic heterocycles. The molecule has 23 nitrogen and oxygen atoms in total. The SMILES string of the molecule is CC.CCN=C(/C=C(/C)N)C(=O)Nc1nc2cc(C(N)=O)cc(OCCCC(=O)O)c2n1C/C=C/Cn1c(NC)nc2cc(C(N)=O)cc(OC/C=C/Cn3cc(N)cn3)c21.CCn1nc(C)cc1C=O. The van der Waals surface area contributed by atoms with Crippen molar-refractivity contribution in [2.24, 2.45) is 22.2 Å². The topological polar surface area (TPSA) is 336 Å². The second-order valence-electron chi connectivity index (χ2n) is 15.2. The van der Waals surface area contributed by atoms with Crippen molar-refractivity contribution in [2.45, 2.75) is 80.6 Å². The number of amides is 3. The third-order valence-corrected chi connectivity index (χ3v) is 9.89. The fraction of sp³-hybridized carbons (Fsp3) is 0.333. The van der Waals surface area contributed by atoms with Crippen LogP contribution in [0.3, 0.4) is 0 Å². The maximum Gasteiger partial charge on any atom is 0.303 e. The number of carbonyl (C=O) groups excluding carboxylic acids is 4. The van der Waals surface area contributed by atoms with E-state index in [0.29, 0.717) is 58.4 Å². The minimum atomic E-state index is -0.986. The van der Waals surface area contributed by atoms with Crippen molar-refractivity contribution in [1.29, 1.82) is 0 Å². The van der Waals surface area contributed by atoms with Crippen LogP contribution >= 0.6 is 0 Å². The second kappa shape index (κ2) is 26.7. The van der Waals surface area contributed by atoms with E-state index in [4.69, 9.17) is 37.5 Å². The number of hydrogen-bond acceptors (Lipinski definition) is 15. The van der Waals surface area contributed by atoms with Crippen LogP contribution in [0.1, 0.15) is 84.4 Å². The van der Waals surface area contributed by atoms with E-state index in [1.165, 1.54) is 18.2 Å². The lowest BCUT2D eigenvalue weighted by atomic mass is 10.1. The van der Waals surface area contributed by atoms with Crippen molar-refractivity contribution in [3.8, 4) is 11.5 Å². The van der Waals surface area contributed by atoms with Gasteiger partial charge in [0, 0.05) is 62.7 Å². The van der Waals surface area contributed by atoms with Gasteiger partial charge in [-0.2, -0.15) is 10.2 Å². The molecule has 0 spiro atoms. The number of carbonyl (C=O) groups is 5. The number of nitrogens with two attached hydrogens (primary N) is 4. The number of allylic oxidation sites excluding steroid dienone is 4. The molecule has 6 aromatic rings. The van der Waals surface area contributed by atoms with Gasteiger partial charge in [0.25, 0.3) is 5.91 Å². The molecule has 0 saturated heterocycles. The molecule has 0 atom stereocenters. The van der Waals surface area contributed by atoms with Gasteiger partial charge < -0.3 is 52.0 Å². The Labute approximate surface area is 410 Å². The summed E-state index contributed by atoms with van der Waals surface area (Å²) in [6.07, 6.45) is 12.9. The monoisotopic (exact) mass is 977 g/mol. The van der Waals surface area contributed by atoms with E-state index in [1.807, 2.05) is 56.6 Å². The average Bonchev–Trinajstić information content (AvgIpc) is 4.12. The van der Waals surface area contributed by atoms with Crippen molar-refractivity contribution in [3.05, 3.63) is 101 Å². The first-order valence-electron chi connectivity index (χ1n) is 22.8. The number of hydrogen-bond donors (Lipinski definition) is 7. The number of carboxylic acid groups (broad SMARTS) is 1. The molecule has 0 aliphatic rings. The lowest BCUT2D eigenvalue weighted by Gasteiger charge is -2.13. The van der Waals surface area contributed by atoms with E-state index in [2.05, 4.69) is 35.8 Å². The van der Waals surface area contributed by atoms with Crippen molar-refractivity contribution < 1.29 is 38.6 Å². The van der Waals surface area contributed by atoms with Crippen molar-refractivity contribution in [1.82, 2.24) is 38.7 Å². The third-order valence-electron chi connectivity index (χ3n) is 9.89. The number of benzene rings is 2. The molecule has 0 fully saturated rings. The van der Waals surface area contributed by atoms with Crippen LogP contribution in [0.4, 0.5) is 17.6 Å². The van der Waals surface area contributed by atoms with Gasteiger partial charge >= 0.3 is 5.97 Å². The lowest BCUT2D eigenvalue weighted by molar-refractivity contribution is -0.137. The van der Waals surface area contributed by atoms with E-state index in [0.717, 1.165) is 18.5 Å². The number of ether oxygens (including phenoxy) is 2. The Kier molecular flexibility index (Phi) is 20.6. The predicted molar refractivity (Wildman–Crippen MR) is 273 cm³/mol. The Hall–Kier alpha value is -8.76. The van der Waals surface area contributed by atoms with Crippen LogP contribution in [0.2, 0.25) is 0 Å². The minimum absolute atomic E-state index is 0.0117. The summed E-state index contributed by atoms with van der Waals surface area (Å²) in [6, 6.07) is 7.85. The number of imidazole rings is 2. The number of aliphatic imine (C=N–C) groups is 1. The number of nitrogens with one attached hydrogen (secondary N) is 2. The molecule has 0 bridgehead atoms. The summed E-state index contributed by atoms with van der Waals surface area (Å²) in [5, 5.41) is 23.3. The summed E-state index contributed by atoms with van der Waals surface area (Å²) in [4.78, 5) is 73.2. The number of rotatable bonds is 23. The summed E-state index contributed by atoms with van der Waals surface area (Å²) in [7, 11) is 1.71. The molecule has 0 aliphatic carbocycles. The summed E-state index contributed by atoms with van der Waals surface area (Å²) in [5.41, 5.74) is 27.5. The van der Waals surface area contributed by atoms with Crippen LogP contribution in [-0.4, -0.2) is 106 Å². The van der Waals surface area contributed by atoms with E-state index >= 15 is 0 Å². The number of fused-ring (bicyclic) bond motifs is 2. The van der Waals surface area contributed by atoms with Gasteiger partial charge in [0.05, 0.1) is 41.8 Å². The molecule has 0 radical (unpaired) electrons. The maximum atomic E-state index is 13.5. The zero-order chi connectivity index (χ0) is 52.2. The van der Waals surface area contributed by atoms with Gasteiger partial charge in [0.1, 0.15) is 40.5 Å². The zero-order valence-electron chi connectivity index (χ0n) is 41.0. The van der Waals surface area contributed by atoms with Gasteiger partial charge in [-0.15, -0.1) is 0 Å². The lowest BCUT2D eigenvalue weighted by Crippen LogP contribution is -2.24. The van der Waals surface area contributed by atoms with Gasteiger partial charge in [-0.1, -0.05) is 32.1 Å². The Morgan fingerprint density at radius 1 is 0.845 bits per heavy atom. The summed E-state index contributed by atoms with van der Waals surface area (Å²) < 4.78 is 19.1. The Morgan fingerprint density at radius 3 is 1.94 bits per heavy atom. The van der Waals surface area contributed by atoms with Crippen LogP contribution < -0.4 is 43.0 Å². The molecule has 71 heavy (non-hydrogen) atoms. The standard InChI is InChI=1S/C39H47N13O7.C7H10N2O.C2H6/c1-4-45-29(16-23(2)40)37(57)49-39-48-28-18-25(36(43)56)20-31(59-15-9-10-32(53)54)34(28)52(39)13-6-5-12-51-33-27(47-38(51)44-3)17-24(35(42)55)19-30(33)58-14-8-7-11-50-22-26(41)21-46-50;1-3-9-7(5-10)4-6(2)8-9;1-2/h5-8,16-22H,4,9-15,40-41H2,1-3H3,(H2,42,55)(H2,43,56)(H,44,47)(H,53,54)(H,48,49,57);4-5H,3H2,1-2H3;1-2H3/b6-5+,8-7+,23-16-,45-29?;;. The molecule has 2 aromatic carbocycles. The second-order valence-corrected chi connectivity index (χ2v) is 15.2. The molecule has 3 amide bonds. The molecule has 378 valence electrons. The number of aldehydes is 1. The molecule has 0 saturated carbocycles. The van der Waals surface area contributed by atoms with Crippen molar-refractivity contribution in [2.75, 3.05) is 43.2 Å². The van der Waals surface area contributed by atoms with Crippen LogP contribution in [0, 0.1) is 6.92 Å². The Bertz CT molecular complexity index is 2950. The highest BCUT2D eigenvalue weighted by molar-refractivity contribution is 6.47. The maximum absolute atomic E-state index is 13.5. The predicted octanol–water partition coefficient (Wildman–Crippen LogP) is 4.85. The van der Waals surface area contributed by atoms with Crippen LogP contribution in [0.25, 0.3) is 22.1 Å². The third kappa shape index (κ3) is 15.1. The first-order valence-corrected chi connectivity index (χ1v) is 22.8. The highest BCUT2D eigenvalue weighted by atomic mass is 16.5. The van der Waals surface area contributed by atoms with Crippen molar-refractivity contribution >= 4 is 75.3 Å². The smallest absolute Gasteiger partial charge is 0.303 e. The van der Waals surface area contributed by atoms with Crippen LogP contribution in [0.15, 0.2) is 83.8 Å². The van der Waals surface area contributed by atoms with Gasteiger partial charge in [-0.05, 0) is 76.6 Å². The molecule has 0 aliphatic heterocycles. The van der Waals surface area contributed by atoms with Gasteiger partial charge in [-0.3, -0.25) is 43.6 Å². The first kappa shape index (κ1) is 54.8. The largest absolute Gasteiger partial charge is 0.491 e. The highest BCUT2D eigenvalue weighted by Crippen LogP contribution is 2.33. The highest BCUT2D eigenvalue weighted by Gasteiger charge is 2.22. The van der Waals surface area contributed by atoms with Crippen molar-refractivity contribution in [3.63, 3.8) is 0 Å². The zero-order valence-corrected chi connectivity index (χ0v) is 41.0.